The van der Waals surface area contributed by atoms with Crippen molar-refractivity contribution >= 4 is 0 Å². The van der Waals surface area contributed by atoms with Gasteiger partial charge in [-0.15, -0.1) is 0 Å². The van der Waals surface area contributed by atoms with E-state index in [1.807, 2.05) is 0 Å². The van der Waals surface area contributed by atoms with E-state index in [1.54, 1.807) is 11.1 Å². The fourth-order valence-corrected chi connectivity index (χ4v) is 2.01. The molecule has 0 saturated heterocycles. The first kappa shape index (κ1) is 18.5. The Kier molecular flexibility index (Phi) is 7.08. The molecule has 2 aliphatic rings. The van der Waals surface area contributed by atoms with Gasteiger partial charge in [-0.25, -0.2) is 0 Å². The van der Waals surface area contributed by atoms with Gasteiger partial charge in [0.25, 0.3) is 0 Å². The summed E-state index contributed by atoms with van der Waals surface area (Å²) in [6.07, 6.45) is 15.5. The quantitative estimate of drug-likeness (QED) is 0.493. The minimum Gasteiger partial charge on any atom is -0.0804 e. The van der Waals surface area contributed by atoms with E-state index in [-0.39, 0.29) is 16.5 Å². The van der Waals surface area contributed by atoms with Crippen LogP contribution in [0, 0.1) is 10.8 Å². The molecule has 0 heterocycles. The zero-order valence-electron chi connectivity index (χ0n) is 13.2. The van der Waals surface area contributed by atoms with Crippen molar-refractivity contribution in [3.63, 3.8) is 0 Å². The largest absolute Gasteiger partial charge is 0.0804 e. The monoisotopic (exact) mass is 302 g/mol. The van der Waals surface area contributed by atoms with Crippen molar-refractivity contribution < 1.29 is 16.5 Å². The molecule has 19 heavy (non-hydrogen) atoms. The van der Waals surface area contributed by atoms with E-state index in [0.717, 1.165) is 12.8 Å². The second kappa shape index (κ2) is 7.29. The van der Waals surface area contributed by atoms with E-state index in [1.165, 1.54) is 0 Å². The van der Waals surface area contributed by atoms with Crippen LogP contribution in [-0.2, 0) is 16.5 Å². The molecule has 0 amide bonds. The van der Waals surface area contributed by atoms with Crippen molar-refractivity contribution in [3.8, 4) is 0 Å². The Hall–Kier alpha value is -0.546. The smallest absolute Gasteiger partial charge is 0 e. The second-order valence-electron chi connectivity index (χ2n) is 7.15. The number of rotatable bonds is 0. The number of hydrogen-bond donors (Lipinski definition) is 0. The summed E-state index contributed by atoms with van der Waals surface area (Å²) in [6.45, 7) is 13.5. The van der Waals surface area contributed by atoms with Crippen LogP contribution in [0.3, 0.4) is 0 Å². The maximum Gasteiger partial charge on any atom is 0 e. The molecule has 0 spiro atoms. The summed E-state index contributed by atoms with van der Waals surface area (Å²) >= 11 is 0. The van der Waals surface area contributed by atoms with Crippen LogP contribution in [0.15, 0.2) is 47.6 Å². The third kappa shape index (κ3) is 6.43. The molecule has 0 aromatic carbocycles. The Morgan fingerprint density at radius 1 is 0.684 bits per heavy atom. The Balaban J connectivity index is 0.000000324. The van der Waals surface area contributed by atoms with E-state index < -0.39 is 0 Å². The van der Waals surface area contributed by atoms with Crippen LogP contribution >= 0.6 is 0 Å². The fourth-order valence-electron chi connectivity index (χ4n) is 2.01. The van der Waals surface area contributed by atoms with Gasteiger partial charge in [0.05, 0.1) is 0 Å². The zero-order chi connectivity index (χ0) is 13.8. The SMILES string of the molecule is CC(C)(C)C1=CC=CC1.CC(C)(C)C1=CC=CC1.[Ni]. The fraction of sp³-hybridized carbons (Fsp3) is 0.556. The van der Waals surface area contributed by atoms with Crippen LogP contribution in [0.4, 0.5) is 0 Å². The van der Waals surface area contributed by atoms with Crippen molar-refractivity contribution in [2.75, 3.05) is 0 Å². The predicted octanol–water partition coefficient (Wildman–Crippen LogP) is 5.84. The van der Waals surface area contributed by atoms with E-state index in [4.69, 9.17) is 0 Å². The molecular formula is C18H28Ni. The molecule has 110 valence electrons. The average Bonchev–Trinajstić information content (AvgIpc) is 2.91. The Bertz CT molecular complexity index is 352. The summed E-state index contributed by atoms with van der Waals surface area (Å²) in [5.41, 5.74) is 3.84. The summed E-state index contributed by atoms with van der Waals surface area (Å²) in [7, 11) is 0. The summed E-state index contributed by atoms with van der Waals surface area (Å²) in [5, 5.41) is 0. The maximum absolute atomic E-state index is 2.26. The summed E-state index contributed by atoms with van der Waals surface area (Å²) in [5.74, 6) is 0. The van der Waals surface area contributed by atoms with Crippen LogP contribution in [0.25, 0.3) is 0 Å². The topological polar surface area (TPSA) is 0 Å². The van der Waals surface area contributed by atoms with Crippen LogP contribution < -0.4 is 0 Å². The van der Waals surface area contributed by atoms with Crippen molar-refractivity contribution in [2.45, 2.75) is 54.4 Å². The zero-order valence-corrected chi connectivity index (χ0v) is 14.2. The van der Waals surface area contributed by atoms with Gasteiger partial charge in [0.1, 0.15) is 0 Å². The molecule has 2 aliphatic carbocycles. The number of allylic oxidation sites excluding steroid dienone is 8. The second-order valence-corrected chi connectivity index (χ2v) is 7.15. The molecule has 0 fully saturated rings. The third-order valence-corrected chi connectivity index (χ3v) is 3.47. The molecule has 0 radical (unpaired) electrons. The van der Waals surface area contributed by atoms with E-state index in [2.05, 4.69) is 78.0 Å². The van der Waals surface area contributed by atoms with Gasteiger partial charge in [-0.1, -0.05) is 89.1 Å². The maximum atomic E-state index is 2.26. The van der Waals surface area contributed by atoms with Crippen molar-refractivity contribution in [3.05, 3.63) is 47.6 Å². The summed E-state index contributed by atoms with van der Waals surface area (Å²) in [4.78, 5) is 0. The predicted molar refractivity (Wildman–Crippen MR) is 82.6 cm³/mol. The van der Waals surface area contributed by atoms with Gasteiger partial charge >= 0.3 is 0 Å². The van der Waals surface area contributed by atoms with Crippen LogP contribution in [0.5, 0.6) is 0 Å². The normalized spacial score (nSPS) is 17.4. The molecule has 1 heteroatoms. The molecule has 0 nitrogen and oxygen atoms in total. The van der Waals surface area contributed by atoms with Gasteiger partial charge in [-0.05, 0) is 23.7 Å². The van der Waals surface area contributed by atoms with Gasteiger partial charge in [-0.2, -0.15) is 0 Å². The first-order chi connectivity index (χ1) is 8.21. The minimum atomic E-state index is 0. The van der Waals surface area contributed by atoms with Gasteiger partial charge in [-0.3, -0.25) is 0 Å². The van der Waals surface area contributed by atoms with Gasteiger partial charge in [0.2, 0.25) is 0 Å². The first-order valence-corrected chi connectivity index (χ1v) is 6.93. The van der Waals surface area contributed by atoms with E-state index in [9.17, 15) is 0 Å². The molecular weight excluding hydrogens is 275 g/mol. The van der Waals surface area contributed by atoms with Gasteiger partial charge < -0.3 is 0 Å². The average molecular weight is 303 g/mol. The number of hydrogen-bond acceptors (Lipinski definition) is 0. The molecule has 0 saturated carbocycles. The van der Waals surface area contributed by atoms with Crippen molar-refractivity contribution in [1.82, 2.24) is 0 Å². The molecule has 0 aromatic heterocycles. The third-order valence-electron chi connectivity index (χ3n) is 3.47. The Morgan fingerprint density at radius 2 is 1.00 bits per heavy atom. The van der Waals surface area contributed by atoms with Crippen LogP contribution in [0.2, 0.25) is 0 Å². The van der Waals surface area contributed by atoms with Crippen LogP contribution in [-0.4, -0.2) is 0 Å². The summed E-state index contributed by atoms with van der Waals surface area (Å²) < 4.78 is 0. The molecule has 0 aliphatic heterocycles. The molecule has 0 aromatic rings. The summed E-state index contributed by atoms with van der Waals surface area (Å²) in [6, 6.07) is 0. The molecule has 0 unspecified atom stereocenters. The van der Waals surface area contributed by atoms with Gasteiger partial charge in [0, 0.05) is 16.5 Å². The Labute approximate surface area is 129 Å². The van der Waals surface area contributed by atoms with E-state index in [0.29, 0.717) is 10.8 Å². The van der Waals surface area contributed by atoms with Crippen molar-refractivity contribution in [1.29, 1.82) is 0 Å². The van der Waals surface area contributed by atoms with Crippen LogP contribution in [0.1, 0.15) is 54.4 Å². The molecule has 0 atom stereocenters. The van der Waals surface area contributed by atoms with Gasteiger partial charge in [0.15, 0.2) is 0 Å². The molecule has 0 N–H and O–H groups in total. The standard InChI is InChI=1S/2C9H14.Ni/c2*1-9(2,3)8-6-4-5-7-8;/h2*4-6H,7H2,1-3H3;. The molecule has 0 bridgehead atoms. The minimum absolute atomic E-state index is 0. The Morgan fingerprint density at radius 3 is 1.11 bits per heavy atom. The molecule has 2 rings (SSSR count). The van der Waals surface area contributed by atoms with Crippen molar-refractivity contribution in [2.24, 2.45) is 10.8 Å². The van der Waals surface area contributed by atoms with E-state index >= 15 is 0 Å². The first-order valence-electron chi connectivity index (χ1n) is 6.93.